The SMILES string of the molecule is CCC[SiH2][AsH2]. The van der Waals surface area contributed by atoms with E-state index in [-0.39, 0.29) is 0 Å². The molecule has 0 aliphatic heterocycles. The van der Waals surface area contributed by atoms with E-state index in [0.717, 1.165) is 0 Å². The Morgan fingerprint density at radius 1 is 1.80 bits per heavy atom. The summed E-state index contributed by atoms with van der Waals surface area (Å²) in [5.41, 5.74) is 0. The van der Waals surface area contributed by atoms with Crippen molar-refractivity contribution in [1.29, 1.82) is 0 Å². The molecule has 0 fully saturated rings. The number of hydrogen-bond acceptors (Lipinski definition) is 0. The van der Waals surface area contributed by atoms with Crippen LogP contribution < -0.4 is 0 Å². The van der Waals surface area contributed by atoms with Crippen LogP contribution in [0.4, 0.5) is 0 Å². The van der Waals surface area contributed by atoms with E-state index in [1.807, 2.05) is 16.2 Å². The van der Waals surface area contributed by atoms with Gasteiger partial charge in [-0.15, -0.1) is 0 Å². The molecule has 0 N–H and O–H groups in total. The first kappa shape index (κ1) is 5.78. The van der Waals surface area contributed by atoms with Gasteiger partial charge in [0.05, 0.1) is 0 Å². The fraction of sp³-hybridized carbons (Fsp3) is 1.00. The third kappa shape index (κ3) is 4.78. The quantitative estimate of drug-likeness (QED) is 0.467. The van der Waals surface area contributed by atoms with Gasteiger partial charge in [-0.3, -0.25) is 0 Å². The molecule has 0 heterocycles. The molecule has 0 aliphatic carbocycles. The average Bonchev–Trinajstić information content (AvgIpc) is 1.41. The maximum absolute atomic E-state index is 2.26. The first-order valence-electron chi connectivity index (χ1n) is 2.12. The molecule has 0 aliphatic rings. The fourth-order valence-electron chi connectivity index (χ4n) is 0.204. The van der Waals surface area contributed by atoms with E-state index in [9.17, 15) is 0 Å². The second-order valence-corrected chi connectivity index (χ2v) is 6.06. The predicted octanol–water partition coefficient (Wildman–Crippen LogP) is -0.468. The van der Waals surface area contributed by atoms with Crippen LogP contribution in [-0.4, -0.2) is 24.2 Å². The minimum absolute atomic E-state index is 0.476. The molecule has 1 atom stereocenters. The Kier molecular flexibility index (Phi) is 5.52. The fourth-order valence-corrected chi connectivity index (χ4v) is 3.18. The van der Waals surface area contributed by atoms with E-state index in [1.54, 1.807) is 6.04 Å². The van der Waals surface area contributed by atoms with E-state index < -0.39 is 0 Å². The van der Waals surface area contributed by atoms with Gasteiger partial charge in [0, 0.05) is 0 Å². The molecule has 0 bridgehead atoms. The molecule has 0 saturated carbocycles. The van der Waals surface area contributed by atoms with Gasteiger partial charge in [0.15, 0.2) is 0 Å². The van der Waals surface area contributed by atoms with Gasteiger partial charge >= 0.3 is 43.6 Å². The molecule has 32 valence electrons. The molecule has 0 radical (unpaired) electrons. The van der Waals surface area contributed by atoms with E-state index in [0.29, 0.717) is 7.99 Å². The summed E-state index contributed by atoms with van der Waals surface area (Å²) in [7, 11) is 0.476. The van der Waals surface area contributed by atoms with Crippen LogP contribution in [0.5, 0.6) is 0 Å². The zero-order chi connectivity index (χ0) is 4.12. The van der Waals surface area contributed by atoms with Crippen LogP contribution in [0.15, 0.2) is 0 Å². The van der Waals surface area contributed by atoms with Gasteiger partial charge in [-0.05, 0) is 0 Å². The van der Waals surface area contributed by atoms with Gasteiger partial charge in [0.2, 0.25) is 0 Å². The average molecular weight is 150 g/mol. The summed E-state index contributed by atoms with van der Waals surface area (Å²) >= 11 is 1.98. The normalized spacial score (nSPS) is 10.8. The first-order chi connectivity index (χ1) is 2.41. The second-order valence-electron chi connectivity index (χ2n) is 1.14. The molecule has 0 saturated heterocycles. The molecular formula is C3H11AsSi. The van der Waals surface area contributed by atoms with E-state index >= 15 is 0 Å². The van der Waals surface area contributed by atoms with Crippen LogP contribution in [0, 0.1) is 0 Å². The van der Waals surface area contributed by atoms with Crippen molar-refractivity contribution in [3.63, 3.8) is 0 Å². The van der Waals surface area contributed by atoms with Gasteiger partial charge in [0.25, 0.3) is 0 Å². The zero-order valence-corrected chi connectivity index (χ0v) is 7.54. The predicted molar refractivity (Wildman–Crippen MR) is 32.2 cm³/mol. The van der Waals surface area contributed by atoms with Crippen molar-refractivity contribution in [1.82, 2.24) is 0 Å². The summed E-state index contributed by atoms with van der Waals surface area (Å²) in [5.74, 6) is 0. The Morgan fingerprint density at radius 2 is 2.40 bits per heavy atom. The second kappa shape index (κ2) is 4.78. The van der Waals surface area contributed by atoms with Crippen LogP contribution in [0.1, 0.15) is 13.3 Å². The molecule has 2 heteroatoms. The standard InChI is InChI=1S/C3H11AsSi/c1-2-3-5-4/h2-5H2,1H3. The van der Waals surface area contributed by atoms with Crippen LogP contribution in [0.25, 0.3) is 0 Å². The van der Waals surface area contributed by atoms with E-state index in [2.05, 4.69) is 6.92 Å². The molecule has 0 aromatic heterocycles. The van der Waals surface area contributed by atoms with Gasteiger partial charge < -0.3 is 0 Å². The van der Waals surface area contributed by atoms with E-state index in [1.165, 1.54) is 6.42 Å². The van der Waals surface area contributed by atoms with Crippen LogP contribution in [-0.2, 0) is 0 Å². The Bertz CT molecular complexity index is 14.4. The molecule has 0 aromatic carbocycles. The topological polar surface area (TPSA) is 0 Å². The zero-order valence-electron chi connectivity index (χ0n) is 3.70. The van der Waals surface area contributed by atoms with Gasteiger partial charge in [-0.2, -0.15) is 0 Å². The Labute approximate surface area is 44.1 Å². The molecule has 0 spiro atoms. The van der Waals surface area contributed by atoms with E-state index in [4.69, 9.17) is 0 Å². The van der Waals surface area contributed by atoms with Gasteiger partial charge in [0.1, 0.15) is 0 Å². The van der Waals surface area contributed by atoms with Crippen molar-refractivity contribution in [2.75, 3.05) is 0 Å². The molecule has 0 aromatic rings. The van der Waals surface area contributed by atoms with Crippen molar-refractivity contribution < 1.29 is 0 Å². The molecule has 0 nitrogen and oxygen atoms in total. The monoisotopic (exact) mass is 150 g/mol. The van der Waals surface area contributed by atoms with Crippen LogP contribution in [0.2, 0.25) is 6.04 Å². The number of rotatable bonds is 2. The summed E-state index contributed by atoms with van der Waals surface area (Å²) in [6, 6.07) is 1.56. The summed E-state index contributed by atoms with van der Waals surface area (Å²) in [6.07, 6.45) is 1.42. The van der Waals surface area contributed by atoms with Crippen molar-refractivity contribution >= 4 is 24.2 Å². The summed E-state index contributed by atoms with van der Waals surface area (Å²) in [6.45, 7) is 2.26. The van der Waals surface area contributed by atoms with Crippen LogP contribution >= 0.6 is 0 Å². The van der Waals surface area contributed by atoms with Crippen molar-refractivity contribution in [3.8, 4) is 0 Å². The van der Waals surface area contributed by atoms with Crippen molar-refractivity contribution in [2.45, 2.75) is 19.4 Å². The first-order valence-corrected chi connectivity index (χ1v) is 9.07. The molecule has 5 heavy (non-hydrogen) atoms. The van der Waals surface area contributed by atoms with Crippen molar-refractivity contribution in [2.24, 2.45) is 0 Å². The van der Waals surface area contributed by atoms with Gasteiger partial charge in [-0.1, -0.05) is 0 Å². The Balaban J connectivity index is 2.19. The molecule has 0 rings (SSSR count). The third-order valence-corrected chi connectivity index (χ3v) is 4.24. The minimum atomic E-state index is 0.476. The summed E-state index contributed by atoms with van der Waals surface area (Å²) in [4.78, 5) is 0. The van der Waals surface area contributed by atoms with Crippen molar-refractivity contribution in [3.05, 3.63) is 0 Å². The summed E-state index contributed by atoms with van der Waals surface area (Å²) in [5, 5.41) is 0. The Morgan fingerprint density at radius 3 is 2.40 bits per heavy atom. The molecular weight excluding hydrogens is 139 g/mol. The third-order valence-electron chi connectivity index (χ3n) is 0.558. The van der Waals surface area contributed by atoms with Crippen LogP contribution in [0.3, 0.4) is 0 Å². The maximum atomic E-state index is 2.26. The number of hydrogen-bond donors (Lipinski definition) is 0. The molecule has 0 amide bonds. The Hall–Kier alpha value is 0.775. The van der Waals surface area contributed by atoms with Gasteiger partial charge in [-0.25, -0.2) is 0 Å². The molecule has 1 unspecified atom stereocenters. The summed E-state index contributed by atoms with van der Waals surface area (Å²) < 4.78 is 0.